The molecule has 0 heterocycles. The smallest absolute Gasteiger partial charge is 0.417 e. The molecule has 1 aromatic rings. The van der Waals surface area contributed by atoms with Crippen LogP contribution in [0.2, 0.25) is 0 Å². The summed E-state index contributed by atoms with van der Waals surface area (Å²) in [6.45, 7) is 0.460. The second kappa shape index (κ2) is 7.39. The van der Waals surface area contributed by atoms with E-state index in [2.05, 4.69) is 0 Å². The molecule has 1 atom stereocenters. The van der Waals surface area contributed by atoms with Crippen LogP contribution in [0, 0.1) is 0 Å². The van der Waals surface area contributed by atoms with Crippen LogP contribution in [0.15, 0.2) is 18.2 Å². The molecule has 1 aromatic carbocycles. The van der Waals surface area contributed by atoms with E-state index in [0.29, 0.717) is 18.4 Å². The van der Waals surface area contributed by atoms with Crippen LogP contribution < -0.4 is 20.3 Å². The molecule has 0 radical (unpaired) electrons. The number of carbonyl (C=O) groups excluding carboxylic acids is 2. The van der Waals surface area contributed by atoms with E-state index in [0.717, 1.165) is 0 Å². The Hall–Kier alpha value is -2.49. The summed E-state index contributed by atoms with van der Waals surface area (Å²) in [6.07, 6.45) is -6.24. The third-order valence-electron chi connectivity index (χ3n) is 3.04. The number of rotatable bonds is 5. The van der Waals surface area contributed by atoms with E-state index in [-0.39, 0.29) is 5.56 Å². The Labute approximate surface area is 135 Å². The number of benzene rings is 1. The molecule has 7 nitrogen and oxygen atoms in total. The maximum Gasteiger partial charge on any atom is 0.417 e. The number of aliphatic hydroxyl groups is 1. The maximum atomic E-state index is 12.5. The fraction of sp³-hybridized carbons (Fsp3) is 0.429. The van der Waals surface area contributed by atoms with Gasteiger partial charge >= 0.3 is 6.18 Å². The van der Waals surface area contributed by atoms with Crippen molar-refractivity contribution < 1.29 is 37.3 Å². The molecular weight excluding hydrogens is 333 g/mol. The fourth-order valence-corrected chi connectivity index (χ4v) is 1.59. The largest absolute Gasteiger partial charge is 0.497 e. The van der Waals surface area contributed by atoms with Crippen LogP contribution in [-0.4, -0.2) is 42.9 Å². The van der Waals surface area contributed by atoms with Crippen LogP contribution in [0.3, 0.4) is 0 Å². The molecule has 2 amide bonds. The van der Waals surface area contributed by atoms with Gasteiger partial charge in [-0.3, -0.25) is 20.4 Å². The molecule has 1 rings (SSSR count). The summed E-state index contributed by atoms with van der Waals surface area (Å²) in [5, 5.41) is 9.21. The molecule has 0 aliphatic rings. The van der Waals surface area contributed by atoms with Crippen LogP contribution in [0.5, 0.6) is 11.5 Å². The highest BCUT2D eigenvalue weighted by Crippen LogP contribution is 2.32. The Bertz CT molecular complexity index is 595. The van der Waals surface area contributed by atoms with E-state index in [9.17, 15) is 27.9 Å². The van der Waals surface area contributed by atoms with E-state index in [1.807, 2.05) is 5.43 Å². The number of ether oxygens (including phenoxy) is 2. The number of carbonyl (C=O) groups is 2. The molecule has 134 valence electrons. The maximum absolute atomic E-state index is 12.5. The first-order chi connectivity index (χ1) is 11.0. The number of hydrazine groups is 1. The summed E-state index contributed by atoms with van der Waals surface area (Å²) in [4.78, 5) is 23.4. The van der Waals surface area contributed by atoms with Crippen molar-refractivity contribution in [3.63, 3.8) is 0 Å². The zero-order valence-electron chi connectivity index (χ0n) is 13.2. The van der Waals surface area contributed by atoms with Crippen LogP contribution in [0.25, 0.3) is 0 Å². The van der Waals surface area contributed by atoms with Gasteiger partial charge in [-0.25, -0.2) is 0 Å². The highest BCUT2D eigenvalue weighted by atomic mass is 19.4. The number of alkyl halides is 3. The van der Waals surface area contributed by atoms with Crippen LogP contribution in [0.4, 0.5) is 13.2 Å². The van der Waals surface area contributed by atoms with Crippen molar-refractivity contribution in [1.29, 1.82) is 0 Å². The normalized spacial score (nSPS) is 13.6. The van der Waals surface area contributed by atoms with Gasteiger partial charge in [0.2, 0.25) is 5.91 Å². The highest BCUT2D eigenvalue weighted by Gasteiger charge is 2.51. The molecule has 0 bridgehead atoms. The number of hydrogen-bond acceptors (Lipinski definition) is 5. The number of halogens is 3. The zero-order valence-corrected chi connectivity index (χ0v) is 13.2. The van der Waals surface area contributed by atoms with Crippen molar-refractivity contribution in [3.8, 4) is 11.5 Å². The second-order valence-electron chi connectivity index (χ2n) is 5.05. The first-order valence-corrected chi connectivity index (χ1v) is 6.61. The van der Waals surface area contributed by atoms with E-state index >= 15 is 0 Å². The Morgan fingerprint density at radius 3 is 2.00 bits per heavy atom. The molecule has 10 heteroatoms. The van der Waals surface area contributed by atoms with Gasteiger partial charge in [0, 0.05) is 11.6 Å². The average Bonchev–Trinajstić information content (AvgIpc) is 2.50. The van der Waals surface area contributed by atoms with Gasteiger partial charge in [-0.1, -0.05) is 0 Å². The Morgan fingerprint density at radius 2 is 1.58 bits per heavy atom. The monoisotopic (exact) mass is 350 g/mol. The van der Waals surface area contributed by atoms with Crippen LogP contribution in [-0.2, 0) is 4.79 Å². The summed E-state index contributed by atoms with van der Waals surface area (Å²) >= 11 is 0. The van der Waals surface area contributed by atoms with Crippen molar-refractivity contribution in [2.24, 2.45) is 0 Å². The molecule has 0 aliphatic carbocycles. The van der Waals surface area contributed by atoms with Crippen molar-refractivity contribution in [2.45, 2.75) is 25.1 Å². The second-order valence-corrected chi connectivity index (χ2v) is 5.05. The predicted octanol–water partition coefficient (Wildman–Crippen LogP) is 1.17. The lowest BCUT2D eigenvalue weighted by Gasteiger charge is -2.25. The van der Waals surface area contributed by atoms with E-state index in [1.165, 1.54) is 32.4 Å². The first kappa shape index (κ1) is 19.6. The summed E-state index contributed by atoms with van der Waals surface area (Å²) < 4.78 is 47.4. The van der Waals surface area contributed by atoms with Gasteiger partial charge < -0.3 is 14.6 Å². The van der Waals surface area contributed by atoms with Crippen LogP contribution in [0.1, 0.15) is 23.7 Å². The average molecular weight is 350 g/mol. The molecular formula is C14H17F3N2O5. The third-order valence-corrected chi connectivity index (χ3v) is 3.04. The zero-order chi connectivity index (χ0) is 18.5. The summed E-state index contributed by atoms with van der Waals surface area (Å²) in [7, 11) is 2.74. The fourth-order valence-electron chi connectivity index (χ4n) is 1.59. The Morgan fingerprint density at radius 1 is 1.08 bits per heavy atom. The molecule has 0 fully saturated rings. The molecule has 0 unspecified atom stereocenters. The van der Waals surface area contributed by atoms with Crippen LogP contribution >= 0.6 is 0 Å². The predicted molar refractivity (Wildman–Crippen MR) is 76.5 cm³/mol. The molecule has 24 heavy (non-hydrogen) atoms. The number of amides is 2. The Balaban J connectivity index is 2.71. The summed E-state index contributed by atoms with van der Waals surface area (Å²) in [5.74, 6) is -1.38. The topological polar surface area (TPSA) is 96.9 Å². The van der Waals surface area contributed by atoms with E-state index in [1.54, 1.807) is 5.43 Å². The first-order valence-electron chi connectivity index (χ1n) is 6.61. The van der Waals surface area contributed by atoms with Crippen molar-refractivity contribution >= 4 is 11.8 Å². The van der Waals surface area contributed by atoms with E-state index < -0.39 is 30.0 Å². The number of methoxy groups -OCH3 is 2. The number of hydrogen-bond donors (Lipinski definition) is 3. The van der Waals surface area contributed by atoms with Gasteiger partial charge in [0.15, 0.2) is 5.60 Å². The highest BCUT2D eigenvalue weighted by molar-refractivity contribution is 5.96. The minimum Gasteiger partial charge on any atom is -0.497 e. The Kier molecular flexibility index (Phi) is 6.02. The van der Waals surface area contributed by atoms with Gasteiger partial charge in [-0.15, -0.1) is 0 Å². The SMILES string of the molecule is COc1cc(OC)cc(C(=O)NNC(=O)C[C@](C)(O)C(F)(F)F)c1. The van der Waals surface area contributed by atoms with Gasteiger partial charge in [0.25, 0.3) is 5.91 Å². The molecule has 0 saturated heterocycles. The summed E-state index contributed by atoms with van der Waals surface area (Å²) in [6, 6.07) is 4.20. The van der Waals surface area contributed by atoms with Gasteiger partial charge in [0.1, 0.15) is 11.5 Å². The molecule has 0 aromatic heterocycles. The number of nitrogens with one attached hydrogen (secondary N) is 2. The third kappa shape index (κ3) is 5.01. The van der Waals surface area contributed by atoms with Gasteiger partial charge in [-0.2, -0.15) is 13.2 Å². The minimum absolute atomic E-state index is 0.0501. The van der Waals surface area contributed by atoms with Gasteiger partial charge in [0.05, 0.1) is 20.6 Å². The molecule has 0 saturated carbocycles. The summed E-state index contributed by atoms with van der Waals surface area (Å²) in [5.41, 5.74) is 0.594. The van der Waals surface area contributed by atoms with E-state index in [4.69, 9.17) is 9.47 Å². The lowest BCUT2D eigenvalue weighted by Crippen LogP contribution is -2.49. The minimum atomic E-state index is -4.98. The van der Waals surface area contributed by atoms with Crippen molar-refractivity contribution in [2.75, 3.05) is 14.2 Å². The lowest BCUT2D eigenvalue weighted by molar-refractivity contribution is -0.253. The molecule has 0 aliphatic heterocycles. The van der Waals surface area contributed by atoms with Crippen molar-refractivity contribution in [3.05, 3.63) is 23.8 Å². The quantitative estimate of drug-likeness (QED) is 0.693. The lowest BCUT2D eigenvalue weighted by atomic mass is 10.0. The van der Waals surface area contributed by atoms with Crippen molar-refractivity contribution in [1.82, 2.24) is 10.9 Å². The van der Waals surface area contributed by atoms with Gasteiger partial charge in [-0.05, 0) is 19.1 Å². The molecule has 3 N–H and O–H groups in total. The molecule has 0 spiro atoms. The standard InChI is InChI=1S/C14H17F3N2O5/c1-13(22,14(15,16)17)7-11(20)18-19-12(21)8-4-9(23-2)6-10(5-8)24-3/h4-6,22H,7H2,1-3H3,(H,18,20)(H,19,21)/t13-/m0/s1.